The van der Waals surface area contributed by atoms with Crippen molar-refractivity contribution in [3.8, 4) is 17.8 Å². The van der Waals surface area contributed by atoms with Gasteiger partial charge >= 0.3 is 6.18 Å². The lowest BCUT2D eigenvalue weighted by Crippen LogP contribution is -2.28. The van der Waals surface area contributed by atoms with Crippen molar-refractivity contribution in [2.75, 3.05) is 6.61 Å². The molecule has 3 rings (SSSR count). The summed E-state index contributed by atoms with van der Waals surface area (Å²) in [6.07, 6.45) is -0.305. The normalized spacial score (nSPS) is 14.9. The monoisotopic (exact) mass is 457 g/mol. The SMILES string of the molecule is CC(=O)NS(=O)(=O)c1ccc(-n2nc(C(F)(F)F)c(C#N)c2OCC2CCCC2)nc1. The van der Waals surface area contributed by atoms with E-state index in [2.05, 4.69) is 10.1 Å². The molecule has 9 nitrogen and oxygen atoms in total. The molecule has 2 heterocycles. The lowest BCUT2D eigenvalue weighted by atomic mass is 10.1. The fourth-order valence-corrected chi connectivity index (χ4v) is 4.20. The summed E-state index contributed by atoms with van der Waals surface area (Å²) in [7, 11) is -4.18. The molecule has 0 radical (unpaired) electrons. The summed E-state index contributed by atoms with van der Waals surface area (Å²) in [4.78, 5) is 14.5. The van der Waals surface area contributed by atoms with Crippen molar-refractivity contribution in [1.29, 1.82) is 5.26 Å². The van der Waals surface area contributed by atoms with Crippen molar-refractivity contribution < 1.29 is 31.1 Å². The standard InChI is InChI=1S/C18H18F3N5O4S/c1-11(27)25-31(28,29)13-6-7-15(23-9-13)26-17(30-10-12-4-2-3-5-12)14(8-22)16(24-26)18(19,20)21/h6-7,9,12H,2-5,10H2,1H3,(H,25,27). The molecule has 1 aliphatic rings. The van der Waals surface area contributed by atoms with Crippen LogP contribution in [0, 0.1) is 17.2 Å². The number of pyridine rings is 1. The van der Waals surface area contributed by atoms with Gasteiger partial charge in [-0.3, -0.25) is 4.79 Å². The highest BCUT2D eigenvalue weighted by Crippen LogP contribution is 2.37. The van der Waals surface area contributed by atoms with Gasteiger partial charge in [-0.05, 0) is 30.9 Å². The topological polar surface area (TPSA) is 127 Å². The highest BCUT2D eigenvalue weighted by atomic mass is 32.2. The molecule has 1 saturated carbocycles. The zero-order valence-corrected chi connectivity index (χ0v) is 17.1. The van der Waals surface area contributed by atoms with E-state index in [1.165, 1.54) is 6.07 Å². The molecule has 0 atom stereocenters. The molecule has 13 heteroatoms. The van der Waals surface area contributed by atoms with Crippen LogP contribution < -0.4 is 9.46 Å². The minimum Gasteiger partial charge on any atom is -0.476 e. The number of halogens is 3. The summed E-state index contributed by atoms with van der Waals surface area (Å²) in [5, 5.41) is 12.8. The summed E-state index contributed by atoms with van der Waals surface area (Å²) in [6.45, 7) is 1.13. The second kappa shape index (κ2) is 8.54. The van der Waals surface area contributed by atoms with Gasteiger partial charge in [0.05, 0.1) is 6.61 Å². The summed E-state index contributed by atoms with van der Waals surface area (Å²) < 4.78 is 72.3. The van der Waals surface area contributed by atoms with E-state index < -0.39 is 39.2 Å². The molecule has 31 heavy (non-hydrogen) atoms. The van der Waals surface area contributed by atoms with Crippen LogP contribution in [0.15, 0.2) is 23.2 Å². The van der Waals surface area contributed by atoms with Crippen LogP contribution in [0.5, 0.6) is 5.88 Å². The van der Waals surface area contributed by atoms with Crippen molar-refractivity contribution in [3.63, 3.8) is 0 Å². The van der Waals surface area contributed by atoms with Gasteiger partial charge in [0.25, 0.3) is 10.0 Å². The number of sulfonamides is 1. The van der Waals surface area contributed by atoms with Gasteiger partial charge < -0.3 is 4.74 Å². The van der Waals surface area contributed by atoms with E-state index in [9.17, 15) is 31.6 Å². The lowest BCUT2D eigenvalue weighted by molar-refractivity contribution is -0.141. The number of nitriles is 1. The largest absolute Gasteiger partial charge is 0.476 e. The third-order valence-corrected chi connectivity index (χ3v) is 6.10. The molecule has 0 aliphatic heterocycles. The third-order valence-electron chi connectivity index (χ3n) is 4.68. The lowest BCUT2D eigenvalue weighted by Gasteiger charge is -2.13. The van der Waals surface area contributed by atoms with Crippen LogP contribution in [0.4, 0.5) is 13.2 Å². The number of carbonyl (C=O) groups excluding carboxylic acids is 1. The van der Waals surface area contributed by atoms with Crippen LogP contribution in [-0.4, -0.2) is 35.7 Å². The maximum atomic E-state index is 13.4. The molecule has 0 unspecified atom stereocenters. The maximum absolute atomic E-state index is 13.4. The van der Waals surface area contributed by atoms with Crippen LogP contribution in [0.1, 0.15) is 43.9 Å². The van der Waals surface area contributed by atoms with Gasteiger partial charge in [-0.25, -0.2) is 18.1 Å². The molecule has 1 aliphatic carbocycles. The van der Waals surface area contributed by atoms with E-state index in [1.54, 1.807) is 4.72 Å². The van der Waals surface area contributed by atoms with Gasteiger partial charge in [0.2, 0.25) is 11.8 Å². The molecular formula is C18H18F3N5O4S. The number of alkyl halides is 3. The molecule has 1 amide bonds. The van der Waals surface area contributed by atoms with Crippen molar-refractivity contribution in [3.05, 3.63) is 29.6 Å². The predicted molar refractivity (Wildman–Crippen MR) is 99.5 cm³/mol. The molecule has 2 aromatic rings. The number of hydrogen-bond donors (Lipinski definition) is 1. The quantitative estimate of drug-likeness (QED) is 0.706. The number of carbonyl (C=O) groups is 1. The Bertz CT molecular complexity index is 1110. The number of amides is 1. The molecule has 166 valence electrons. The van der Waals surface area contributed by atoms with Gasteiger partial charge in [-0.15, -0.1) is 0 Å². The van der Waals surface area contributed by atoms with Gasteiger partial charge in [-0.1, -0.05) is 12.8 Å². The molecule has 1 fully saturated rings. The van der Waals surface area contributed by atoms with Crippen molar-refractivity contribution in [1.82, 2.24) is 19.5 Å². The average Bonchev–Trinajstić information content (AvgIpc) is 3.32. The number of ether oxygens (including phenoxy) is 1. The first-order valence-corrected chi connectivity index (χ1v) is 10.7. The van der Waals surface area contributed by atoms with Crippen LogP contribution in [-0.2, 0) is 21.0 Å². The van der Waals surface area contributed by atoms with E-state index in [0.717, 1.165) is 55.6 Å². The Hall–Kier alpha value is -3.14. The van der Waals surface area contributed by atoms with E-state index in [-0.39, 0.29) is 23.2 Å². The number of rotatable bonds is 6. The zero-order valence-electron chi connectivity index (χ0n) is 16.3. The Balaban J connectivity index is 2.01. The number of nitrogens with zero attached hydrogens (tertiary/aromatic N) is 4. The first kappa shape index (κ1) is 22.5. The summed E-state index contributed by atoms with van der Waals surface area (Å²) in [6, 6.07) is 3.65. The third kappa shape index (κ3) is 4.96. The maximum Gasteiger partial charge on any atom is 0.436 e. The smallest absolute Gasteiger partial charge is 0.436 e. The first-order valence-electron chi connectivity index (χ1n) is 9.26. The second-order valence-corrected chi connectivity index (χ2v) is 8.71. The van der Waals surface area contributed by atoms with Crippen LogP contribution in [0.2, 0.25) is 0 Å². The molecular weight excluding hydrogens is 439 g/mol. The summed E-state index contributed by atoms with van der Waals surface area (Å²) in [5.74, 6) is -1.25. The minimum absolute atomic E-state index is 0.118. The van der Waals surface area contributed by atoms with Crippen LogP contribution in [0.25, 0.3) is 5.82 Å². The van der Waals surface area contributed by atoms with Gasteiger partial charge in [0.1, 0.15) is 16.5 Å². The van der Waals surface area contributed by atoms with E-state index >= 15 is 0 Å². The predicted octanol–water partition coefficient (Wildman–Crippen LogP) is 2.55. The Morgan fingerprint density at radius 2 is 2.03 bits per heavy atom. The fourth-order valence-electron chi connectivity index (χ4n) is 3.27. The number of nitrogens with one attached hydrogen (secondary N) is 1. The average molecular weight is 457 g/mol. The molecule has 0 saturated heterocycles. The number of hydrogen-bond acceptors (Lipinski definition) is 7. The number of aromatic nitrogens is 3. The highest BCUT2D eigenvalue weighted by Gasteiger charge is 2.41. The van der Waals surface area contributed by atoms with Crippen molar-refractivity contribution >= 4 is 15.9 Å². The van der Waals surface area contributed by atoms with Crippen molar-refractivity contribution in [2.45, 2.75) is 43.7 Å². The molecule has 1 N–H and O–H groups in total. The summed E-state index contributed by atoms with van der Waals surface area (Å²) in [5.41, 5.74) is -2.20. The Labute approximate surface area is 175 Å². The summed E-state index contributed by atoms with van der Waals surface area (Å²) >= 11 is 0. The highest BCUT2D eigenvalue weighted by molar-refractivity contribution is 7.90. The molecule has 0 bridgehead atoms. The van der Waals surface area contributed by atoms with Gasteiger partial charge in [-0.2, -0.15) is 28.2 Å². The van der Waals surface area contributed by atoms with Crippen LogP contribution in [0.3, 0.4) is 0 Å². The molecule has 0 aromatic carbocycles. The second-order valence-electron chi connectivity index (χ2n) is 7.03. The van der Waals surface area contributed by atoms with Crippen LogP contribution >= 0.6 is 0 Å². The fraction of sp³-hybridized carbons (Fsp3) is 0.444. The molecule has 2 aromatic heterocycles. The van der Waals surface area contributed by atoms with Crippen molar-refractivity contribution in [2.24, 2.45) is 5.92 Å². The Morgan fingerprint density at radius 1 is 1.35 bits per heavy atom. The molecule has 0 spiro atoms. The van der Waals surface area contributed by atoms with Gasteiger partial charge in [0, 0.05) is 13.1 Å². The Morgan fingerprint density at radius 3 is 2.55 bits per heavy atom. The van der Waals surface area contributed by atoms with E-state index in [0.29, 0.717) is 0 Å². The van der Waals surface area contributed by atoms with E-state index in [1.807, 2.05) is 0 Å². The van der Waals surface area contributed by atoms with E-state index in [4.69, 9.17) is 4.74 Å². The zero-order chi connectivity index (χ0) is 22.8. The first-order chi connectivity index (χ1) is 14.5. The Kier molecular flexibility index (Phi) is 6.21. The van der Waals surface area contributed by atoms with Gasteiger partial charge in [0.15, 0.2) is 11.5 Å². The minimum atomic E-state index is -4.91.